The minimum Gasteiger partial charge on any atom is -0.493 e. The number of nitriles is 1. The van der Waals surface area contributed by atoms with Crippen LogP contribution in [0.1, 0.15) is 36.3 Å². The highest BCUT2D eigenvalue weighted by Crippen LogP contribution is 2.49. The lowest BCUT2D eigenvalue weighted by atomic mass is 9.75. The van der Waals surface area contributed by atoms with Gasteiger partial charge in [0.1, 0.15) is 5.82 Å². The molecule has 4 rings (SSSR count). The predicted molar refractivity (Wildman–Crippen MR) is 124 cm³/mol. The van der Waals surface area contributed by atoms with Gasteiger partial charge in [0.05, 0.1) is 48.1 Å². The van der Waals surface area contributed by atoms with E-state index in [9.17, 15) is 23.2 Å². The maximum absolute atomic E-state index is 13.5. The van der Waals surface area contributed by atoms with E-state index in [4.69, 9.17) is 26.8 Å². The Bertz CT molecular complexity index is 1310. The van der Waals surface area contributed by atoms with Crippen LogP contribution >= 0.6 is 11.6 Å². The van der Waals surface area contributed by atoms with Crippen molar-refractivity contribution in [3.05, 3.63) is 75.2 Å². The lowest BCUT2D eigenvalue weighted by molar-refractivity contribution is -0.137. The van der Waals surface area contributed by atoms with Crippen molar-refractivity contribution < 1.29 is 27.4 Å². The number of ketones is 1. The summed E-state index contributed by atoms with van der Waals surface area (Å²) in [5.74, 6) is -0.247. The Hall–Kier alpha value is -3.64. The fourth-order valence-electron chi connectivity index (χ4n) is 4.59. The quantitative estimate of drug-likeness (QED) is 0.577. The lowest BCUT2D eigenvalue weighted by Gasteiger charge is -2.40. The number of methoxy groups -OCH3 is 2. The molecule has 0 saturated carbocycles. The van der Waals surface area contributed by atoms with Gasteiger partial charge in [-0.2, -0.15) is 18.4 Å². The Labute approximate surface area is 205 Å². The first-order valence-electron chi connectivity index (χ1n) is 10.7. The summed E-state index contributed by atoms with van der Waals surface area (Å²) >= 11 is 6.32. The number of ether oxygens (including phenoxy) is 2. The van der Waals surface area contributed by atoms with E-state index in [1.54, 1.807) is 18.2 Å². The number of allylic oxidation sites excluding steroid dienone is 3. The summed E-state index contributed by atoms with van der Waals surface area (Å²) in [6.07, 6.45) is -3.52. The van der Waals surface area contributed by atoms with Gasteiger partial charge in [0, 0.05) is 17.7 Å². The predicted octanol–water partition coefficient (Wildman–Crippen LogP) is 5.68. The second kappa shape index (κ2) is 9.19. The van der Waals surface area contributed by atoms with Crippen molar-refractivity contribution in [2.75, 3.05) is 19.1 Å². The van der Waals surface area contributed by atoms with Crippen LogP contribution in [0.2, 0.25) is 5.02 Å². The summed E-state index contributed by atoms with van der Waals surface area (Å²) in [7, 11) is 2.95. The zero-order valence-electron chi connectivity index (χ0n) is 18.9. The first-order chi connectivity index (χ1) is 16.6. The van der Waals surface area contributed by atoms with Gasteiger partial charge >= 0.3 is 6.18 Å². The average molecular weight is 504 g/mol. The first-order valence-corrected chi connectivity index (χ1v) is 11.0. The third-order valence-corrected chi connectivity index (χ3v) is 6.49. The standard InChI is InChI=1S/C25H21ClF3N3O3/c1-34-20-9-6-13(10-21(20)35-2)22-15(12-30)24(31)32(17-4-3-5-19(33)23(17)22)18-11-14(25(27,28)29)7-8-16(18)26/h6-11,22H,3-5,31H2,1-2H3/t22-/m1/s1. The molecule has 6 nitrogen and oxygen atoms in total. The molecular weight excluding hydrogens is 483 g/mol. The molecule has 1 heterocycles. The van der Waals surface area contributed by atoms with Crippen molar-refractivity contribution in [3.63, 3.8) is 0 Å². The SMILES string of the molecule is COc1ccc([C@@H]2C(C#N)=C(N)N(c3cc(C(F)(F)F)ccc3Cl)C3=C2C(=O)CCC3)cc1OC. The van der Waals surface area contributed by atoms with Crippen molar-refractivity contribution >= 4 is 23.1 Å². The molecule has 0 fully saturated rings. The number of carbonyl (C=O) groups excluding carboxylic acids is 1. The second-order valence-electron chi connectivity index (χ2n) is 8.09. The van der Waals surface area contributed by atoms with Crippen LogP contribution in [0.15, 0.2) is 59.1 Å². The van der Waals surface area contributed by atoms with Crippen LogP contribution in [0.3, 0.4) is 0 Å². The summed E-state index contributed by atoms with van der Waals surface area (Å²) in [4.78, 5) is 14.5. The molecule has 2 aliphatic rings. The van der Waals surface area contributed by atoms with E-state index in [1.807, 2.05) is 0 Å². The molecule has 35 heavy (non-hydrogen) atoms. The minimum absolute atomic E-state index is 0.00711. The van der Waals surface area contributed by atoms with Crippen LogP contribution in [0.25, 0.3) is 0 Å². The largest absolute Gasteiger partial charge is 0.493 e. The molecule has 0 bridgehead atoms. The monoisotopic (exact) mass is 503 g/mol. The maximum atomic E-state index is 13.5. The molecule has 0 amide bonds. The van der Waals surface area contributed by atoms with Crippen molar-refractivity contribution in [3.8, 4) is 17.6 Å². The van der Waals surface area contributed by atoms with Crippen molar-refractivity contribution in [2.45, 2.75) is 31.4 Å². The molecule has 0 unspecified atom stereocenters. The molecule has 2 aromatic carbocycles. The van der Waals surface area contributed by atoms with E-state index in [2.05, 4.69) is 6.07 Å². The summed E-state index contributed by atoms with van der Waals surface area (Å²) in [6.45, 7) is 0. The van der Waals surface area contributed by atoms with Crippen LogP contribution in [-0.4, -0.2) is 20.0 Å². The van der Waals surface area contributed by atoms with Crippen LogP contribution in [0.4, 0.5) is 18.9 Å². The number of benzene rings is 2. The number of hydrogen-bond donors (Lipinski definition) is 1. The molecule has 1 aliphatic carbocycles. The number of rotatable bonds is 4. The number of carbonyl (C=O) groups is 1. The van der Waals surface area contributed by atoms with Gasteiger partial charge in [-0.05, 0) is 48.7 Å². The van der Waals surface area contributed by atoms with Gasteiger partial charge in [-0.15, -0.1) is 0 Å². The van der Waals surface area contributed by atoms with E-state index >= 15 is 0 Å². The number of alkyl halides is 3. The molecular formula is C25H21ClF3N3O3. The Morgan fingerprint density at radius 1 is 1.11 bits per heavy atom. The van der Waals surface area contributed by atoms with E-state index in [1.165, 1.54) is 19.1 Å². The van der Waals surface area contributed by atoms with E-state index in [0.717, 1.165) is 18.2 Å². The van der Waals surface area contributed by atoms with Crippen molar-refractivity contribution in [2.24, 2.45) is 5.73 Å². The summed E-state index contributed by atoms with van der Waals surface area (Å²) in [5.41, 5.74) is 6.81. The maximum Gasteiger partial charge on any atom is 0.416 e. The smallest absolute Gasteiger partial charge is 0.416 e. The number of nitrogens with zero attached hydrogens (tertiary/aromatic N) is 2. The van der Waals surface area contributed by atoms with Crippen molar-refractivity contribution in [1.29, 1.82) is 5.26 Å². The molecule has 182 valence electrons. The molecule has 0 spiro atoms. The topological polar surface area (TPSA) is 88.6 Å². The van der Waals surface area contributed by atoms with Gasteiger partial charge in [0.25, 0.3) is 0 Å². The molecule has 0 aromatic heterocycles. The normalized spacial score (nSPS) is 18.4. The molecule has 2 N–H and O–H groups in total. The Kier molecular flexibility index (Phi) is 6.43. The molecule has 1 atom stereocenters. The van der Waals surface area contributed by atoms with E-state index in [0.29, 0.717) is 41.2 Å². The fraction of sp³-hybridized carbons (Fsp3) is 0.280. The Balaban J connectivity index is 1.98. The van der Waals surface area contributed by atoms with Gasteiger partial charge in [0.2, 0.25) is 0 Å². The third kappa shape index (κ3) is 4.19. The van der Waals surface area contributed by atoms with E-state index in [-0.39, 0.29) is 34.3 Å². The van der Waals surface area contributed by atoms with Gasteiger partial charge in [0.15, 0.2) is 17.3 Å². The first kappa shape index (κ1) is 24.5. The number of nitrogens with two attached hydrogens (primary N) is 1. The van der Waals surface area contributed by atoms with Crippen LogP contribution in [0, 0.1) is 11.3 Å². The molecule has 0 saturated heterocycles. The Morgan fingerprint density at radius 3 is 2.46 bits per heavy atom. The summed E-state index contributed by atoms with van der Waals surface area (Å²) in [6, 6.07) is 9.97. The van der Waals surface area contributed by atoms with Gasteiger partial charge in [-0.3, -0.25) is 9.69 Å². The minimum atomic E-state index is -4.62. The zero-order chi connectivity index (χ0) is 25.5. The summed E-state index contributed by atoms with van der Waals surface area (Å²) < 4.78 is 51.1. The van der Waals surface area contributed by atoms with Crippen LogP contribution < -0.4 is 20.1 Å². The highest BCUT2D eigenvalue weighted by molar-refractivity contribution is 6.33. The average Bonchev–Trinajstić information content (AvgIpc) is 2.83. The van der Waals surface area contributed by atoms with Crippen molar-refractivity contribution in [1.82, 2.24) is 0 Å². The van der Waals surface area contributed by atoms with E-state index < -0.39 is 17.7 Å². The van der Waals surface area contributed by atoms with Crippen LogP contribution in [-0.2, 0) is 11.0 Å². The summed E-state index contributed by atoms with van der Waals surface area (Å²) in [5, 5.41) is 10.1. The number of hydrogen-bond acceptors (Lipinski definition) is 6. The Morgan fingerprint density at radius 2 is 1.83 bits per heavy atom. The van der Waals surface area contributed by atoms with Gasteiger partial charge in [-0.1, -0.05) is 17.7 Å². The second-order valence-corrected chi connectivity index (χ2v) is 8.50. The third-order valence-electron chi connectivity index (χ3n) is 6.17. The highest BCUT2D eigenvalue weighted by Gasteiger charge is 2.41. The van der Waals surface area contributed by atoms with Gasteiger partial charge < -0.3 is 15.2 Å². The molecule has 2 aromatic rings. The lowest BCUT2D eigenvalue weighted by Crippen LogP contribution is -2.39. The number of anilines is 1. The fourth-order valence-corrected chi connectivity index (χ4v) is 4.79. The number of Topliss-reactive ketones (excluding diaryl/α,β-unsaturated/α-hetero) is 1. The number of halogens is 4. The molecule has 0 radical (unpaired) electrons. The van der Waals surface area contributed by atoms with Gasteiger partial charge in [-0.25, -0.2) is 0 Å². The highest BCUT2D eigenvalue weighted by atomic mass is 35.5. The zero-order valence-corrected chi connectivity index (χ0v) is 19.6. The molecule has 1 aliphatic heterocycles. The van der Waals surface area contributed by atoms with Crippen LogP contribution in [0.5, 0.6) is 11.5 Å². The molecule has 10 heteroatoms.